The van der Waals surface area contributed by atoms with Crippen LogP contribution in [0.5, 0.6) is 0 Å². The predicted octanol–water partition coefficient (Wildman–Crippen LogP) is 5.80. The van der Waals surface area contributed by atoms with E-state index in [4.69, 9.17) is 0 Å². The van der Waals surface area contributed by atoms with Crippen molar-refractivity contribution < 1.29 is 0 Å². The zero-order valence-corrected chi connectivity index (χ0v) is 16.2. The Hall–Kier alpha value is -2.02. The van der Waals surface area contributed by atoms with Gasteiger partial charge in [-0.2, -0.15) is 0 Å². The second kappa shape index (κ2) is 8.58. The number of anilines is 2. The highest BCUT2D eigenvalue weighted by molar-refractivity contribution is 7.17. The first-order valence-corrected chi connectivity index (χ1v) is 10.8. The largest absolute Gasteiger partial charge is 0.355 e. The van der Waals surface area contributed by atoms with E-state index in [-0.39, 0.29) is 0 Å². The van der Waals surface area contributed by atoms with Gasteiger partial charge in [0.1, 0.15) is 4.83 Å². The third-order valence-electron chi connectivity index (χ3n) is 4.43. The summed E-state index contributed by atoms with van der Waals surface area (Å²) in [6.45, 7) is 2.50. The fourth-order valence-electron chi connectivity index (χ4n) is 3.05. The molecule has 0 radical (unpaired) electrons. The Kier molecular flexibility index (Phi) is 5.74. The van der Waals surface area contributed by atoms with E-state index < -0.39 is 0 Å². The number of fused-ring (bicyclic) bond motifs is 2. The number of pyridine rings is 1. The zero-order chi connectivity index (χ0) is 17.6. The van der Waals surface area contributed by atoms with Gasteiger partial charge < -0.3 is 10.6 Å². The molecular weight excluding hydrogens is 360 g/mol. The number of hydrogen-bond acceptors (Lipinski definition) is 6. The Labute approximate surface area is 161 Å². The fourth-order valence-corrected chi connectivity index (χ4v) is 4.47. The van der Waals surface area contributed by atoms with Crippen molar-refractivity contribution >= 4 is 54.5 Å². The molecule has 4 aromatic rings. The lowest BCUT2D eigenvalue weighted by atomic mass is 10.2. The number of benzene rings is 1. The molecule has 134 valence electrons. The van der Waals surface area contributed by atoms with Crippen molar-refractivity contribution in [3.63, 3.8) is 0 Å². The molecule has 3 aromatic heterocycles. The highest BCUT2D eigenvalue weighted by Crippen LogP contribution is 2.29. The van der Waals surface area contributed by atoms with E-state index in [1.165, 1.54) is 43.5 Å². The number of aromatic nitrogens is 2. The summed E-state index contributed by atoms with van der Waals surface area (Å²) in [6, 6.07) is 10.3. The van der Waals surface area contributed by atoms with Crippen LogP contribution in [-0.2, 0) is 0 Å². The molecule has 4 heterocycles. The highest BCUT2D eigenvalue weighted by atomic mass is 32.1. The van der Waals surface area contributed by atoms with Gasteiger partial charge in [-0.1, -0.05) is 12.8 Å². The molecule has 4 nitrogen and oxygen atoms in total. The summed E-state index contributed by atoms with van der Waals surface area (Å²) in [5, 5.41) is 10.0. The van der Waals surface area contributed by atoms with Crippen LogP contribution in [0.2, 0.25) is 0 Å². The van der Waals surface area contributed by atoms with Crippen molar-refractivity contribution in [2.24, 2.45) is 0 Å². The van der Waals surface area contributed by atoms with Crippen LogP contribution < -0.4 is 10.6 Å². The molecule has 1 aliphatic rings. The molecule has 1 saturated heterocycles. The van der Waals surface area contributed by atoms with Crippen LogP contribution in [0.4, 0.5) is 11.4 Å². The Bertz CT molecular complexity index is 956. The summed E-state index contributed by atoms with van der Waals surface area (Å²) in [6.07, 6.45) is 7.49. The van der Waals surface area contributed by atoms with Gasteiger partial charge >= 0.3 is 0 Å². The van der Waals surface area contributed by atoms with Crippen LogP contribution in [0.15, 0.2) is 47.4 Å². The van der Waals surface area contributed by atoms with E-state index >= 15 is 0 Å². The molecule has 1 aromatic carbocycles. The van der Waals surface area contributed by atoms with Crippen molar-refractivity contribution in [3.05, 3.63) is 47.4 Å². The summed E-state index contributed by atoms with van der Waals surface area (Å²) >= 11 is 3.31. The second-order valence-electron chi connectivity index (χ2n) is 6.32. The molecule has 0 unspecified atom stereocenters. The quantitative estimate of drug-likeness (QED) is 0.460. The molecule has 0 amide bonds. The van der Waals surface area contributed by atoms with E-state index in [1.807, 2.05) is 17.8 Å². The topological polar surface area (TPSA) is 49.8 Å². The third-order valence-corrected chi connectivity index (χ3v) is 6.07. The van der Waals surface area contributed by atoms with Crippen LogP contribution in [0, 0.1) is 0 Å². The summed E-state index contributed by atoms with van der Waals surface area (Å²) in [7, 11) is 0. The SMILES string of the molecule is C1CCCNCC1.c1cc(Nc2ccc3scnc3c2)c2ccsc2n1. The first kappa shape index (κ1) is 17.4. The smallest absolute Gasteiger partial charge is 0.125 e. The first-order valence-electron chi connectivity index (χ1n) is 9.03. The van der Waals surface area contributed by atoms with Crippen molar-refractivity contribution in [1.82, 2.24) is 15.3 Å². The average molecular weight is 383 g/mol. The molecule has 26 heavy (non-hydrogen) atoms. The maximum atomic E-state index is 4.35. The number of rotatable bonds is 2. The Morgan fingerprint density at radius 2 is 1.81 bits per heavy atom. The van der Waals surface area contributed by atoms with Gasteiger partial charge in [-0.3, -0.25) is 0 Å². The Morgan fingerprint density at radius 1 is 0.923 bits per heavy atom. The van der Waals surface area contributed by atoms with Gasteiger partial charge in [0.05, 0.1) is 21.4 Å². The maximum Gasteiger partial charge on any atom is 0.125 e. The lowest BCUT2D eigenvalue weighted by molar-refractivity contribution is 0.702. The molecule has 2 N–H and O–H groups in total. The monoisotopic (exact) mass is 382 g/mol. The number of hydrogen-bond donors (Lipinski definition) is 2. The normalized spacial score (nSPS) is 14.6. The lowest BCUT2D eigenvalue weighted by Crippen LogP contribution is -2.12. The van der Waals surface area contributed by atoms with Crippen LogP contribution in [-0.4, -0.2) is 23.1 Å². The van der Waals surface area contributed by atoms with E-state index in [0.717, 1.165) is 27.1 Å². The van der Waals surface area contributed by atoms with Crippen molar-refractivity contribution in [1.29, 1.82) is 0 Å². The van der Waals surface area contributed by atoms with Crippen molar-refractivity contribution in [3.8, 4) is 0 Å². The van der Waals surface area contributed by atoms with E-state index in [2.05, 4.69) is 50.2 Å². The first-order chi connectivity index (χ1) is 12.9. The summed E-state index contributed by atoms with van der Waals surface area (Å²) in [4.78, 5) is 9.75. The summed E-state index contributed by atoms with van der Waals surface area (Å²) < 4.78 is 1.21. The number of thiazole rings is 1. The van der Waals surface area contributed by atoms with Gasteiger partial charge in [0.25, 0.3) is 0 Å². The fraction of sp³-hybridized carbons (Fsp3) is 0.300. The molecule has 6 heteroatoms. The second-order valence-corrected chi connectivity index (χ2v) is 8.10. The summed E-state index contributed by atoms with van der Waals surface area (Å²) in [5.74, 6) is 0. The number of thiophene rings is 1. The third kappa shape index (κ3) is 4.20. The van der Waals surface area contributed by atoms with Crippen molar-refractivity contribution in [2.75, 3.05) is 18.4 Å². The Morgan fingerprint density at radius 3 is 2.69 bits per heavy atom. The van der Waals surface area contributed by atoms with E-state index in [0.29, 0.717) is 0 Å². The van der Waals surface area contributed by atoms with Crippen LogP contribution >= 0.6 is 22.7 Å². The van der Waals surface area contributed by atoms with Gasteiger partial charge in [0.2, 0.25) is 0 Å². The van der Waals surface area contributed by atoms with E-state index in [9.17, 15) is 0 Å². The number of nitrogens with one attached hydrogen (secondary N) is 2. The zero-order valence-electron chi connectivity index (χ0n) is 14.6. The van der Waals surface area contributed by atoms with Gasteiger partial charge in [-0.25, -0.2) is 9.97 Å². The van der Waals surface area contributed by atoms with Gasteiger partial charge in [0, 0.05) is 17.3 Å². The molecular formula is C20H22N4S2. The summed E-state index contributed by atoms with van der Waals surface area (Å²) in [5.41, 5.74) is 5.04. The highest BCUT2D eigenvalue weighted by Gasteiger charge is 2.04. The van der Waals surface area contributed by atoms with Crippen LogP contribution in [0.3, 0.4) is 0 Å². The molecule has 1 aliphatic heterocycles. The van der Waals surface area contributed by atoms with Crippen molar-refractivity contribution in [2.45, 2.75) is 25.7 Å². The van der Waals surface area contributed by atoms with Gasteiger partial charge in [-0.05, 0) is 61.6 Å². The molecule has 0 aliphatic carbocycles. The maximum absolute atomic E-state index is 4.35. The van der Waals surface area contributed by atoms with E-state index in [1.54, 1.807) is 22.7 Å². The minimum absolute atomic E-state index is 1.03. The molecule has 1 fully saturated rings. The molecule has 0 atom stereocenters. The van der Waals surface area contributed by atoms with Crippen LogP contribution in [0.1, 0.15) is 25.7 Å². The minimum atomic E-state index is 1.03. The minimum Gasteiger partial charge on any atom is -0.355 e. The average Bonchev–Trinajstić information content (AvgIpc) is 3.24. The van der Waals surface area contributed by atoms with Gasteiger partial charge in [0.15, 0.2) is 0 Å². The number of nitrogens with zero attached hydrogens (tertiary/aromatic N) is 2. The molecule has 0 spiro atoms. The standard InChI is InChI=1S/C14H9N3S2.C6H13N/c1-2-13-12(16-8-19-13)7-9(1)17-11-3-5-15-14-10(11)4-6-18-14;1-2-4-6-7-5-3-1/h1-8H,(H,15,17);7H,1-6H2. The van der Waals surface area contributed by atoms with Crippen LogP contribution in [0.25, 0.3) is 20.4 Å². The Balaban J connectivity index is 0.000000204. The van der Waals surface area contributed by atoms with Gasteiger partial charge in [-0.15, -0.1) is 22.7 Å². The molecule has 0 bridgehead atoms. The lowest BCUT2D eigenvalue weighted by Gasteiger charge is -2.07. The molecule has 0 saturated carbocycles. The predicted molar refractivity (Wildman–Crippen MR) is 114 cm³/mol. The molecule has 5 rings (SSSR count).